The molecule has 0 bridgehead atoms. The van der Waals surface area contributed by atoms with Gasteiger partial charge in [-0.3, -0.25) is 9.35 Å². The van der Waals surface area contributed by atoms with Gasteiger partial charge in [0.15, 0.2) is 0 Å². The van der Waals surface area contributed by atoms with Gasteiger partial charge in [0.2, 0.25) is 0 Å². The van der Waals surface area contributed by atoms with Crippen molar-refractivity contribution in [2.24, 2.45) is 0 Å². The number of hydrogen-bond donors (Lipinski definition) is 1. The Balaban J connectivity index is 2.80. The predicted octanol–water partition coefficient (Wildman–Crippen LogP) is 3.32. The normalized spacial score (nSPS) is 11.4. The van der Waals surface area contributed by atoms with Gasteiger partial charge >= 0.3 is 0 Å². The van der Waals surface area contributed by atoms with E-state index in [0.29, 0.717) is 10.0 Å². The van der Waals surface area contributed by atoms with Gasteiger partial charge in [0.25, 0.3) is 16.0 Å². The van der Waals surface area contributed by atoms with Crippen LogP contribution in [0.4, 0.5) is 0 Å². The fourth-order valence-corrected chi connectivity index (χ4v) is 3.62. The maximum atomic E-state index is 12.3. The molecule has 0 aliphatic heterocycles. The van der Waals surface area contributed by atoms with Gasteiger partial charge in [0.1, 0.15) is 0 Å². The molecule has 112 valence electrons. The fourth-order valence-electron chi connectivity index (χ4n) is 1.50. The molecule has 9 heteroatoms. The van der Waals surface area contributed by atoms with E-state index in [2.05, 4.69) is 47.8 Å². The molecule has 0 radical (unpaired) electrons. The van der Waals surface area contributed by atoms with Crippen LogP contribution in [0.15, 0.2) is 25.6 Å². The van der Waals surface area contributed by atoms with Crippen LogP contribution in [0.2, 0.25) is 0 Å². The van der Waals surface area contributed by atoms with Crippen molar-refractivity contribution >= 4 is 63.8 Å². The summed E-state index contributed by atoms with van der Waals surface area (Å²) < 4.78 is 32.0. The highest BCUT2D eigenvalue weighted by Crippen LogP contribution is 2.31. The topological polar surface area (TPSA) is 74.7 Å². The van der Waals surface area contributed by atoms with Gasteiger partial charge in [0, 0.05) is 27.0 Å². The Morgan fingerprint density at radius 3 is 2.45 bits per heavy atom. The van der Waals surface area contributed by atoms with Crippen molar-refractivity contribution < 1.29 is 17.8 Å². The van der Waals surface area contributed by atoms with Crippen molar-refractivity contribution in [3.63, 3.8) is 0 Å². The van der Waals surface area contributed by atoms with Gasteiger partial charge < -0.3 is 4.90 Å². The van der Waals surface area contributed by atoms with E-state index in [-0.39, 0.29) is 24.6 Å². The predicted molar refractivity (Wildman–Crippen MR) is 87.5 cm³/mol. The summed E-state index contributed by atoms with van der Waals surface area (Å²) in [4.78, 5) is 13.7. The number of rotatable bonds is 5. The zero-order valence-electron chi connectivity index (χ0n) is 10.4. The molecule has 0 atom stereocenters. The lowest BCUT2D eigenvalue weighted by Gasteiger charge is -2.18. The molecule has 0 saturated carbocycles. The summed E-state index contributed by atoms with van der Waals surface area (Å²) in [5.41, 5.74) is 0.459. The molecule has 0 heterocycles. The first-order valence-electron chi connectivity index (χ1n) is 5.47. The molecule has 20 heavy (non-hydrogen) atoms. The van der Waals surface area contributed by atoms with Crippen LogP contribution >= 0.6 is 47.8 Å². The molecular weight excluding hydrogens is 482 g/mol. The third-order valence-corrected chi connectivity index (χ3v) is 5.74. The second-order valence-electron chi connectivity index (χ2n) is 4.12. The first kappa shape index (κ1) is 18.1. The molecule has 1 aromatic rings. The summed E-state index contributed by atoms with van der Waals surface area (Å²) in [5.74, 6) is -0.609. The molecule has 0 spiro atoms. The first-order valence-corrected chi connectivity index (χ1v) is 9.46. The molecule has 1 rings (SSSR count). The Bertz CT molecular complexity index is 618. The van der Waals surface area contributed by atoms with Crippen molar-refractivity contribution in [1.29, 1.82) is 0 Å². The SMILES string of the molecule is CN(CCCS(=O)(=O)O)C(=O)c1cc(Br)cc(Br)c1Br. The fraction of sp³-hybridized carbons (Fsp3) is 0.364. The molecule has 1 aromatic carbocycles. The van der Waals surface area contributed by atoms with Crippen LogP contribution in [0.5, 0.6) is 0 Å². The van der Waals surface area contributed by atoms with Gasteiger partial charge in [-0.25, -0.2) is 0 Å². The average molecular weight is 494 g/mol. The first-order chi connectivity index (χ1) is 9.11. The number of halogens is 3. The van der Waals surface area contributed by atoms with Crippen molar-refractivity contribution in [2.75, 3.05) is 19.3 Å². The third-order valence-electron chi connectivity index (χ3n) is 2.47. The molecule has 1 N–H and O–H groups in total. The molecule has 1 amide bonds. The van der Waals surface area contributed by atoms with E-state index in [4.69, 9.17) is 4.55 Å². The second-order valence-corrected chi connectivity index (χ2v) is 8.25. The van der Waals surface area contributed by atoms with E-state index < -0.39 is 10.1 Å². The van der Waals surface area contributed by atoms with Crippen LogP contribution in [0.3, 0.4) is 0 Å². The molecule has 5 nitrogen and oxygen atoms in total. The van der Waals surface area contributed by atoms with Crippen molar-refractivity contribution in [1.82, 2.24) is 4.90 Å². The highest BCUT2D eigenvalue weighted by atomic mass is 79.9. The Morgan fingerprint density at radius 2 is 1.90 bits per heavy atom. The molecular formula is C11H12Br3NO4S. The van der Waals surface area contributed by atoms with Crippen LogP contribution in [-0.2, 0) is 10.1 Å². The van der Waals surface area contributed by atoms with Crippen molar-refractivity contribution in [3.8, 4) is 0 Å². The minimum atomic E-state index is -3.99. The number of carbonyl (C=O) groups is 1. The van der Waals surface area contributed by atoms with Crippen LogP contribution in [0.25, 0.3) is 0 Å². The van der Waals surface area contributed by atoms with E-state index >= 15 is 0 Å². The number of benzene rings is 1. The Kier molecular flexibility index (Phi) is 6.65. The highest BCUT2D eigenvalue weighted by Gasteiger charge is 2.18. The maximum Gasteiger partial charge on any atom is 0.264 e. The minimum absolute atomic E-state index is 0.174. The van der Waals surface area contributed by atoms with E-state index in [1.165, 1.54) is 4.90 Å². The van der Waals surface area contributed by atoms with Crippen molar-refractivity contribution in [3.05, 3.63) is 31.1 Å². The summed E-state index contributed by atoms with van der Waals surface area (Å²) >= 11 is 9.97. The highest BCUT2D eigenvalue weighted by molar-refractivity contribution is 9.13. The Labute approximate surface area is 142 Å². The maximum absolute atomic E-state index is 12.3. The smallest absolute Gasteiger partial charge is 0.264 e. The summed E-state index contributed by atoms with van der Waals surface area (Å²) in [7, 11) is -2.42. The van der Waals surface area contributed by atoms with Crippen molar-refractivity contribution in [2.45, 2.75) is 6.42 Å². The summed E-state index contributed by atoms with van der Waals surface area (Å²) in [6.07, 6.45) is 0.174. The molecule has 0 saturated heterocycles. The largest absolute Gasteiger partial charge is 0.342 e. The van der Waals surface area contributed by atoms with Crippen LogP contribution < -0.4 is 0 Å². The quantitative estimate of drug-likeness (QED) is 0.504. The van der Waals surface area contributed by atoms with Gasteiger partial charge in [0.05, 0.1) is 11.3 Å². The van der Waals surface area contributed by atoms with Gasteiger partial charge in [-0.2, -0.15) is 8.42 Å². The van der Waals surface area contributed by atoms with E-state index in [1.807, 2.05) is 0 Å². The lowest BCUT2D eigenvalue weighted by molar-refractivity contribution is 0.0794. The standard InChI is InChI=1S/C11H12Br3NO4S/c1-15(3-2-4-20(17,18)19)11(16)8-5-7(12)6-9(13)10(8)14/h5-6H,2-4H2,1H3,(H,17,18,19). The molecule has 0 aliphatic rings. The van der Waals surface area contributed by atoms with Gasteiger partial charge in [-0.15, -0.1) is 0 Å². The third kappa shape index (κ3) is 5.44. The zero-order chi connectivity index (χ0) is 15.5. The van der Waals surface area contributed by atoms with Crippen LogP contribution in [0.1, 0.15) is 16.8 Å². The molecule has 0 aromatic heterocycles. The van der Waals surface area contributed by atoms with E-state index in [1.54, 1.807) is 19.2 Å². The average Bonchev–Trinajstić information content (AvgIpc) is 2.31. The molecule has 0 unspecified atom stereocenters. The number of hydrogen-bond acceptors (Lipinski definition) is 3. The van der Waals surface area contributed by atoms with E-state index in [9.17, 15) is 13.2 Å². The minimum Gasteiger partial charge on any atom is -0.342 e. The zero-order valence-corrected chi connectivity index (χ0v) is 16.0. The van der Waals surface area contributed by atoms with E-state index in [0.717, 1.165) is 8.95 Å². The van der Waals surface area contributed by atoms with Crippen LogP contribution in [-0.4, -0.2) is 43.1 Å². The summed E-state index contributed by atoms with van der Waals surface area (Å²) in [6, 6.07) is 3.48. The second kappa shape index (κ2) is 7.35. The van der Waals surface area contributed by atoms with Gasteiger partial charge in [-0.1, -0.05) is 15.9 Å². The Morgan fingerprint density at radius 1 is 1.30 bits per heavy atom. The molecule has 0 aliphatic carbocycles. The Hall–Kier alpha value is 0.0400. The summed E-state index contributed by atoms with van der Waals surface area (Å²) in [5, 5.41) is 0. The number of nitrogens with zero attached hydrogens (tertiary/aromatic N) is 1. The summed E-state index contributed by atoms with van der Waals surface area (Å²) in [6.45, 7) is 0.231. The monoisotopic (exact) mass is 491 g/mol. The lowest BCUT2D eigenvalue weighted by Crippen LogP contribution is -2.29. The van der Waals surface area contributed by atoms with Gasteiger partial charge in [-0.05, 0) is 50.4 Å². The number of amides is 1. The lowest BCUT2D eigenvalue weighted by atomic mass is 10.2. The number of carbonyl (C=O) groups excluding carboxylic acids is 1. The van der Waals surface area contributed by atoms with Crippen LogP contribution in [0, 0.1) is 0 Å². The molecule has 0 fully saturated rings.